The highest BCUT2D eigenvalue weighted by Crippen LogP contribution is 2.30. The molecule has 5 heteroatoms. The highest BCUT2D eigenvalue weighted by Gasteiger charge is 2.16. The molecule has 0 saturated carbocycles. The van der Waals surface area contributed by atoms with Crippen LogP contribution >= 0.6 is 0 Å². The van der Waals surface area contributed by atoms with Crippen LogP contribution < -0.4 is 0 Å². The summed E-state index contributed by atoms with van der Waals surface area (Å²) in [5, 5.41) is 13.2. The van der Waals surface area contributed by atoms with E-state index in [1.165, 1.54) is 18.2 Å². The second-order valence-corrected chi connectivity index (χ2v) is 3.40. The van der Waals surface area contributed by atoms with Crippen LogP contribution in [0.3, 0.4) is 0 Å². The van der Waals surface area contributed by atoms with Crippen LogP contribution in [0.5, 0.6) is 5.75 Å². The van der Waals surface area contributed by atoms with Gasteiger partial charge in [0.25, 0.3) is 5.89 Å². The van der Waals surface area contributed by atoms with E-state index in [9.17, 15) is 9.50 Å². The molecule has 0 fully saturated rings. The first-order valence-electron chi connectivity index (χ1n) is 5.02. The number of rotatable bonds is 3. The van der Waals surface area contributed by atoms with Crippen LogP contribution in [-0.2, 0) is 6.42 Å². The molecule has 84 valence electrons. The molecule has 0 atom stereocenters. The lowest BCUT2D eigenvalue weighted by atomic mass is 10.2. The number of hydrogen-bond donors (Lipinski definition) is 1. The van der Waals surface area contributed by atoms with Crippen molar-refractivity contribution in [2.75, 3.05) is 0 Å². The average Bonchev–Trinajstić information content (AvgIpc) is 2.67. The van der Waals surface area contributed by atoms with Crippen LogP contribution in [0, 0.1) is 5.82 Å². The van der Waals surface area contributed by atoms with Gasteiger partial charge in [-0.15, -0.1) is 0 Å². The molecule has 1 aromatic heterocycles. The van der Waals surface area contributed by atoms with Gasteiger partial charge in [0, 0.05) is 6.42 Å². The number of aromatic nitrogens is 2. The van der Waals surface area contributed by atoms with E-state index in [1.807, 2.05) is 6.92 Å². The molecule has 0 aliphatic rings. The standard InChI is InChI=1S/C11H11FN2O2/c1-2-4-9-13-11(16-14-9)10-7(12)5-3-6-8(10)15/h3,5-6,15H,2,4H2,1H3. The minimum absolute atomic E-state index is 0.0130. The summed E-state index contributed by atoms with van der Waals surface area (Å²) in [7, 11) is 0. The van der Waals surface area contributed by atoms with E-state index in [4.69, 9.17) is 4.52 Å². The molecule has 0 bridgehead atoms. The maximum atomic E-state index is 13.4. The zero-order valence-corrected chi connectivity index (χ0v) is 8.77. The lowest BCUT2D eigenvalue weighted by Crippen LogP contribution is -1.87. The van der Waals surface area contributed by atoms with Gasteiger partial charge in [0.1, 0.15) is 17.1 Å². The Hall–Kier alpha value is -1.91. The maximum absolute atomic E-state index is 13.4. The molecule has 0 aliphatic heterocycles. The van der Waals surface area contributed by atoms with Crippen LogP contribution in [0.25, 0.3) is 11.5 Å². The summed E-state index contributed by atoms with van der Waals surface area (Å²) in [5.74, 6) is -0.252. The van der Waals surface area contributed by atoms with Crippen LogP contribution in [0.15, 0.2) is 22.7 Å². The highest BCUT2D eigenvalue weighted by molar-refractivity contribution is 5.62. The Labute approximate surface area is 91.7 Å². The Bertz CT molecular complexity index is 476. The molecule has 1 aromatic carbocycles. The van der Waals surface area contributed by atoms with E-state index >= 15 is 0 Å². The lowest BCUT2D eigenvalue weighted by Gasteiger charge is -1.99. The van der Waals surface area contributed by atoms with E-state index < -0.39 is 5.82 Å². The van der Waals surface area contributed by atoms with Crippen LogP contribution in [0.4, 0.5) is 4.39 Å². The fraction of sp³-hybridized carbons (Fsp3) is 0.273. The van der Waals surface area contributed by atoms with Crippen molar-refractivity contribution in [3.05, 3.63) is 29.8 Å². The second kappa shape index (κ2) is 4.30. The number of phenolic OH excluding ortho intramolecular Hbond substituents is 1. The summed E-state index contributed by atoms with van der Waals surface area (Å²) >= 11 is 0. The van der Waals surface area contributed by atoms with E-state index in [0.717, 1.165) is 6.42 Å². The van der Waals surface area contributed by atoms with Crippen molar-refractivity contribution in [2.45, 2.75) is 19.8 Å². The van der Waals surface area contributed by atoms with Crippen molar-refractivity contribution in [1.29, 1.82) is 0 Å². The molecule has 0 saturated heterocycles. The van der Waals surface area contributed by atoms with Gasteiger partial charge >= 0.3 is 0 Å². The highest BCUT2D eigenvalue weighted by atomic mass is 19.1. The van der Waals surface area contributed by atoms with Gasteiger partial charge in [-0.05, 0) is 18.6 Å². The average molecular weight is 222 g/mol. The fourth-order valence-electron chi connectivity index (χ4n) is 1.41. The van der Waals surface area contributed by atoms with Crippen molar-refractivity contribution >= 4 is 0 Å². The summed E-state index contributed by atoms with van der Waals surface area (Å²) in [6, 6.07) is 4.03. The number of aromatic hydroxyl groups is 1. The number of benzene rings is 1. The Morgan fingerprint density at radius 1 is 1.44 bits per heavy atom. The zero-order valence-electron chi connectivity index (χ0n) is 8.77. The third kappa shape index (κ3) is 1.88. The molecule has 0 amide bonds. The van der Waals surface area contributed by atoms with Crippen molar-refractivity contribution in [3.63, 3.8) is 0 Å². The van der Waals surface area contributed by atoms with Gasteiger partial charge in [-0.25, -0.2) is 4.39 Å². The van der Waals surface area contributed by atoms with Gasteiger partial charge in [-0.1, -0.05) is 18.1 Å². The van der Waals surface area contributed by atoms with E-state index in [2.05, 4.69) is 10.1 Å². The predicted molar refractivity (Wildman–Crippen MR) is 55.4 cm³/mol. The maximum Gasteiger partial charge on any atom is 0.264 e. The van der Waals surface area contributed by atoms with Gasteiger partial charge in [-0.2, -0.15) is 4.98 Å². The SMILES string of the molecule is CCCc1noc(-c2c(O)cccc2F)n1. The molecule has 0 unspecified atom stereocenters. The quantitative estimate of drug-likeness (QED) is 0.866. The lowest BCUT2D eigenvalue weighted by molar-refractivity contribution is 0.413. The number of nitrogens with zero attached hydrogens (tertiary/aromatic N) is 2. The monoisotopic (exact) mass is 222 g/mol. The first-order chi connectivity index (χ1) is 7.72. The predicted octanol–water partition coefficient (Wildman–Crippen LogP) is 2.53. The van der Waals surface area contributed by atoms with E-state index in [-0.39, 0.29) is 17.2 Å². The minimum Gasteiger partial charge on any atom is -0.507 e. The molecule has 16 heavy (non-hydrogen) atoms. The van der Waals surface area contributed by atoms with Gasteiger partial charge in [0.15, 0.2) is 5.82 Å². The number of aryl methyl sites for hydroxylation is 1. The van der Waals surface area contributed by atoms with Crippen molar-refractivity contribution in [2.24, 2.45) is 0 Å². The van der Waals surface area contributed by atoms with Gasteiger partial charge in [0.2, 0.25) is 0 Å². The Morgan fingerprint density at radius 2 is 2.25 bits per heavy atom. The molecule has 1 heterocycles. The molecule has 4 nitrogen and oxygen atoms in total. The van der Waals surface area contributed by atoms with Gasteiger partial charge < -0.3 is 9.63 Å². The number of phenols is 1. The largest absolute Gasteiger partial charge is 0.507 e. The molecule has 0 radical (unpaired) electrons. The van der Waals surface area contributed by atoms with Crippen molar-refractivity contribution in [1.82, 2.24) is 10.1 Å². The van der Waals surface area contributed by atoms with Gasteiger partial charge in [0.05, 0.1) is 0 Å². The molecular formula is C11H11FN2O2. The molecule has 1 N–H and O–H groups in total. The number of halogens is 1. The van der Waals surface area contributed by atoms with Crippen LogP contribution in [0.1, 0.15) is 19.2 Å². The Balaban J connectivity index is 2.42. The molecule has 2 rings (SSSR count). The first-order valence-corrected chi connectivity index (χ1v) is 5.02. The molecule has 2 aromatic rings. The Kier molecular flexibility index (Phi) is 2.85. The zero-order chi connectivity index (χ0) is 11.5. The number of hydrogen-bond acceptors (Lipinski definition) is 4. The molecular weight excluding hydrogens is 211 g/mol. The first kappa shape index (κ1) is 10.6. The summed E-state index contributed by atoms with van der Waals surface area (Å²) in [6.07, 6.45) is 1.54. The van der Waals surface area contributed by atoms with Crippen molar-refractivity contribution < 1.29 is 14.0 Å². The summed E-state index contributed by atoms with van der Waals surface area (Å²) < 4.78 is 18.3. The third-order valence-corrected chi connectivity index (χ3v) is 2.15. The Morgan fingerprint density at radius 3 is 2.94 bits per heavy atom. The molecule has 0 spiro atoms. The summed E-state index contributed by atoms with van der Waals surface area (Å²) in [6.45, 7) is 1.98. The van der Waals surface area contributed by atoms with E-state index in [0.29, 0.717) is 12.2 Å². The minimum atomic E-state index is -0.577. The smallest absolute Gasteiger partial charge is 0.264 e. The van der Waals surface area contributed by atoms with Crippen molar-refractivity contribution in [3.8, 4) is 17.2 Å². The topological polar surface area (TPSA) is 59.2 Å². The normalized spacial score (nSPS) is 10.6. The second-order valence-electron chi connectivity index (χ2n) is 3.40. The van der Waals surface area contributed by atoms with Gasteiger partial charge in [-0.3, -0.25) is 0 Å². The van der Waals surface area contributed by atoms with Crippen LogP contribution in [0.2, 0.25) is 0 Å². The van der Waals surface area contributed by atoms with E-state index in [1.54, 1.807) is 0 Å². The third-order valence-electron chi connectivity index (χ3n) is 2.15. The molecule has 0 aliphatic carbocycles. The van der Waals surface area contributed by atoms with Crippen LogP contribution in [-0.4, -0.2) is 15.2 Å². The summed E-state index contributed by atoms with van der Waals surface area (Å²) in [4.78, 5) is 4.01. The fourth-order valence-corrected chi connectivity index (χ4v) is 1.41. The summed E-state index contributed by atoms with van der Waals surface area (Å²) in [5.41, 5.74) is -0.0441.